The smallest absolute Gasteiger partial charge is 0.0601 e. The molecule has 9 N–H and O–H groups in total. The second-order valence-corrected chi connectivity index (χ2v) is 41.9. The molecule has 97 heavy (non-hydrogen) atoms. The van der Waals surface area contributed by atoms with Gasteiger partial charge in [0.2, 0.25) is 0 Å². The lowest BCUT2D eigenvalue weighted by Crippen LogP contribution is -2.51. The average molecular weight is 1360 g/mol. The highest BCUT2D eigenvalue weighted by Gasteiger charge is 2.65. The van der Waals surface area contributed by atoms with Gasteiger partial charge in [-0.05, 0) is 351 Å². The monoisotopic (exact) mass is 1360 g/mol. The van der Waals surface area contributed by atoms with Gasteiger partial charge in [0.1, 0.15) is 0 Å². The highest BCUT2D eigenvalue weighted by Crippen LogP contribution is 2.69. The van der Waals surface area contributed by atoms with Crippen LogP contribution in [0.15, 0.2) is 23.3 Å². The average Bonchev–Trinajstić information content (AvgIpc) is 1.24. The molecule has 9 heteroatoms. The second-order valence-electron chi connectivity index (χ2n) is 41.9. The van der Waals surface area contributed by atoms with Crippen molar-refractivity contribution < 1.29 is 46.0 Å². The molecule has 0 heterocycles. The van der Waals surface area contributed by atoms with E-state index in [0.29, 0.717) is 85.2 Å². The van der Waals surface area contributed by atoms with Crippen molar-refractivity contribution >= 4 is 0 Å². The van der Waals surface area contributed by atoms with Gasteiger partial charge in [-0.1, -0.05) is 148 Å². The SMILES string of the molecule is CC(C)=CC1(C)CCC(O)C(C)C1.CC(C)=CC1(C)CCC(O)CC1C.CC1(C)C2CC(O)CC1C2.CC1(C)C2CCC1(C)C(O)C2.CC1CC(O)C2C(C1)C2(C)C.CC1CC2C(CC1O)C2(C)C.CC1CCC2C(C1O)C2(C)C.OC1CC2CCC1C2.OC1CC2CCC1CC2. The number of fused-ring (bicyclic) bond motifs is 12. The van der Waals surface area contributed by atoms with Gasteiger partial charge in [0.15, 0.2) is 0 Å². The van der Waals surface area contributed by atoms with E-state index in [1.54, 1.807) is 0 Å². The van der Waals surface area contributed by atoms with Gasteiger partial charge >= 0.3 is 0 Å². The van der Waals surface area contributed by atoms with Crippen molar-refractivity contribution in [2.24, 2.45) is 150 Å². The molecule has 0 aliphatic heterocycles. The first-order valence-electron chi connectivity index (χ1n) is 41.2. The molecular formula is C88H158O9. The predicted molar refractivity (Wildman–Crippen MR) is 402 cm³/mol. The van der Waals surface area contributed by atoms with E-state index < -0.39 is 0 Å². The van der Waals surface area contributed by atoms with E-state index in [1.807, 2.05) is 0 Å². The van der Waals surface area contributed by atoms with Crippen LogP contribution < -0.4 is 0 Å². The molecule has 0 saturated heterocycles. The van der Waals surface area contributed by atoms with Crippen LogP contribution in [-0.2, 0) is 0 Å². The van der Waals surface area contributed by atoms with Crippen molar-refractivity contribution in [3.8, 4) is 0 Å². The Hall–Kier alpha value is -0.880. The summed E-state index contributed by atoms with van der Waals surface area (Å²) in [5.74, 6) is 13.1. The summed E-state index contributed by atoms with van der Waals surface area (Å²) in [6, 6.07) is 0. The van der Waals surface area contributed by atoms with Gasteiger partial charge in [-0.25, -0.2) is 0 Å². The number of allylic oxidation sites excluding steroid dienone is 4. The Kier molecular flexibility index (Phi) is 26.7. The van der Waals surface area contributed by atoms with Crippen LogP contribution in [0.3, 0.4) is 0 Å². The van der Waals surface area contributed by atoms with Gasteiger partial charge in [0, 0.05) is 0 Å². The molecule has 8 bridgehead atoms. The summed E-state index contributed by atoms with van der Waals surface area (Å²) in [7, 11) is 0. The maximum Gasteiger partial charge on any atom is 0.0601 e. The van der Waals surface area contributed by atoms with Gasteiger partial charge < -0.3 is 46.0 Å². The van der Waals surface area contributed by atoms with Crippen molar-refractivity contribution in [3.05, 3.63) is 23.3 Å². The number of aliphatic hydroxyl groups is 9. The van der Waals surface area contributed by atoms with Crippen LogP contribution in [0.1, 0.15) is 326 Å². The third-order valence-corrected chi connectivity index (χ3v) is 32.7. The number of rotatable bonds is 2. The Balaban J connectivity index is 0.000000140. The van der Waals surface area contributed by atoms with E-state index in [2.05, 4.69) is 164 Å². The van der Waals surface area contributed by atoms with Gasteiger partial charge in [0.25, 0.3) is 0 Å². The van der Waals surface area contributed by atoms with Gasteiger partial charge in [-0.2, -0.15) is 0 Å². The molecular weight excluding hydrogens is 1200 g/mol. The lowest BCUT2D eigenvalue weighted by molar-refractivity contribution is -0.115. The van der Waals surface area contributed by atoms with Crippen molar-refractivity contribution in [2.45, 2.75) is 381 Å². The second kappa shape index (κ2) is 31.7. The van der Waals surface area contributed by atoms with E-state index in [4.69, 9.17) is 0 Å². The fourth-order valence-corrected chi connectivity index (χ4v) is 24.3. The maximum atomic E-state index is 9.82. The van der Waals surface area contributed by atoms with E-state index in [-0.39, 0.29) is 60.4 Å². The molecule has 0 spiro atoms. The van der Waals surface area contributed by atoms with Crippen LogP contribution in [-0.4, -0.2) is 101 Å². The summed E-state index contributed by atoms with van der Waals surface area (Å²) in [6.07, 6.45) is 36.9. The van der Waals surface area contributed by atoms with Crippen LogP contribution in [0.25, 0.3) is 0 Å². The van der Waals surface area contributed by atoms with Crippen LogP contribution in [0.2, 0.25) is 0 Å². The third-order valence-electron chi connectivity index (χ3n) is 32.7. The molecule has 18 aliphatic rings. The predicted octanol–water partition coefficient (Wildman–Crippen LogP) is 19.1. The summed E-state index contributed by atoms with van der Waals surface area (Å²) < 4.78 is 0. The zero-order valence-corrected chi connectivity index (χ0v) is 66.9. The maximum absolute atomic E-state index is 9.82. The van der Waals surface area contributed by atoms with Crippen molar-refractivity contribution in [1.29, 1.82) is 0 Å². The van der Waals surface area contributed by atoms with Crippen molar-refractivity contribution in [1.82, 2.24) is 0 Å². The third kappa shape index (κ3) is 18.9. The molecule has 0 amide bonds. The molecule has 18 aliphatic carbocycles. The summed E-state index contributed by atoms with van der Waals surface area (Å²) >= 11 is 0. The molecule has 18 fully saturated rings. The molecule has 27 atom stereocenters. The van der Waals surface area contributed by atoms with Crippen molar-refractivity contribution in [3.63, 3.8) is 0 Å². The van der Waals surface area contributed by atoms with Gasteiger partial charge in [0.05, 0.1) is 54.9 Å². The fraction of sp³-hybridized carbons (Fsp3) is 0.955. The molecule has 0 aromatic carbocycles. The largest absolute Gasteiger partial charge is 0.393 e. The Morgan fingerprint density at radius 2 is 0.918 bits per heavy atom. The van der Waals surface area contributed by atoms with Crippen LogP contribution >= 0.6 is 0 Å². The minimum absolute atomic E-state index is 0.00116. The van der Waals surface area contributed by atoms with Crippen molar-refractivity contribution in [2.75, 3.05) is 0 Å². The molecule has 0 radical (unpaired) electrons. The van der Waals surface area contributed by atoms with E-state index in [9.17, 15) is 46.0 Å². The first-order valence-corrected chi connectivity index (χ1v) is 41.2. The normalized spacial score (nSPS) is 49.1. The highest BCUT2D eigenvalue weighted by molar-refractivity contribution is 5.14. The van der Waals surface area contributed by atoms with E-state index in [0.717, 1.165) is 143 Å². The van der Waals surface area contributed by atoms with E-state index in [1.165, 1.54) is 101 Å². The Morgan fingerprint density at radius 3 is 1.32 bits per heavy atom. The van der Waals surface area contributed by atoms with Gasteiger partial charge in [-0.15, -0.1) is 0 Å². The number of aliphatic hydroxyl groups excluding tert-OH is 9. The van der Waals surface area contributed by atoms with E-state index >= 15 is 0 Å². The quantitative estimate of drug-likeness (QED) is 0.122. The zero-order valence-electron chi connectivity index (χ0n) is 66.9. The topological polar surface area (TPSA) is 182 Å². The summed E-state index contributed by atoms with van der Waals surface area (Å²) in [5, 5.41) is 86.1. The molecule has 0 aromatic heterocycles. The summed E-state index contributed by atoms with van der Waals surface area (Å²) in [6.45, 7) is 49.7. The van der Waals surface area contributed by atoms with Crippen LogP contribution in [0.4, 0.5) is 0 Å². The first kappa shape index (κ1) is 81.8. The fourth-order valence-electron chi connectivity index (χ4n) is 24.3. The standard InChI is InChI=1S/2C12H22O.4C10H18O.C9H16O.C8H14O.C7H12O/c1-9(2)8-12(4)6-5-11(13)7-10(12)3;1-9(2)7-12(4)6-5-11(13)10(3)8-12;1-6-4-7-8(5-9(6)11)10(7,2)3;1-6-4-7-9(8(11)5-6)10(7,2)3;1-9(2)7-4-5-10(9,3)8(11)6-7;1-6-4-5-7-8(9(6)11)10(7,2)3;1-9(2)6-3-7(9)5-8(10)4-6;9-8-5-6-1-3-7(8)4-2-6;8-7-4-5-1-2-6(7)3-5/h8,10-11,13H,5-7H2,1-4H3;7,10-11,13H,5-6,8H2,1-4H3;2*6-9,11H,4-5H2,1-3H3;7-8,11H,4-6H2,1-3H3;6-9,11H,4-5H2,1-3H3;6-8,10H,3-5H2,1-2H3;6-9H,1-5H2;5-8H,1-4H2. The summed E-state index contributed by atoms with van der Waals surface area (Å²) in [5.41, 5.74) is 6.04. The molecule has 27 unspecified atom stereocenters. The lowest BCUT2D eigenvalue weighted by atomic mass is 9.48. The Bertz CT molecular complexity index is 2510. The zero-order chi connectivity index (χ0) is 72.2. The molecule has 0 aromatic rings. The summed E-state index contributed by atoms with van der Waals surface area (Å²) in [4.78, 5) is 0. The first-order chi connectivity index (χ1) is 44.8. The minimum Gasteiger partial charge on any atom is -0.393 e. The molecule has 18 saturated carbocycles. The Morgan fingerprint density at radius 1 is 0.351 bits per heavy atom. The van der Waals surface area contributed by atoms with Crippen LogP contribution in [0.5, 0.6) is 0 Å². The van der Waals surface area contributed by atoms with Crippen LogP contribution in [0, 0.1) is 150 Å². The highest BCUT2D eigenvalue weighted by atomic mass is 16.3. The molecule has 564 valence electrons. The number of hydrogen-bond acceptors (Lipinski definition) is 9. The lowest BCUT2D eigenvalue weighted by Gasteiger charge is -2.58. The minimum atomic E-state index is -0.0707. The molecule has 18 rings (SSSR count). The Labute approximate surface area is 596 Å². The molecule has 9 nitrogen and oxygen atoms in total. The van der Waals surface area contributed by atoms with Gasteiger partial charge in [-0.3, -0.25) is 0 Å². The number of hydrogen-bond donors (Lipinski definition) is 9.